The minimum atomic E-state index is 0.690. The topological polar surface area (TPSA) is 42.8 Å². The first-order valence-corrected chi connectivity index (χ1v) is 7.51. The average Bonchev–Trinajstić information content (AvgIpc) is 2.80. The average molecular weight is 291 g/mol. The van der Waals surface area contributed by atoms with Crippen molar-refractivity contribution in [1.29, 1.82) is 0 Å². The lowest BCUT2D eigenvalue weighted by atomic mass is 10.1. The molecule has 0 amide bonds. The highest BCUT2D eigenvalue weighted by atomic mass is 32.1. The predicted octanol–water partition coefficient (Wildman–Crippen LogP) is 3.73. The maximum atomic E-state index is 5.45. The van der Waals surface area contributed by atoms with Gasteiger partial charge in [0.2, 0.25) is 0 Å². The van der Waals surface area contributed by atoms with E-state index in [1.165, 1.54) is 5.56 Å². The van der Waals surface area contributed by atoms with Crippen molar-refractivity contribution in [2.45, 2.75) is 39.7 Å². The second-order valence-electron chi connectivity index (χ2n) is 4.70. The Bertz CT molecular complexity index is 586. The molecule has 0 atom stereocenters. The Kier molecular flexibility index (Phi) is 5.35. The van der Waals surface area contributed by atoms with Crippen LogP contribution in [0.2, 0.25) is 0 Å². The Hall–Kier alpha value is -1.62. The summed E-state index contributed by atoms with van der Waals surface area (Å²) in [6, 6.07) is 8.15. The van der Waals surface area contributed by atoms with Gasteiger partial charge in [0.1, 0.15) is 11.6 Å². The van der Waals surface area contributed by atoms with E-state index in [1.54, 1.807) is 0 Å². The molecule has 0 saturated carbocycles. The SMILES string of the molecule is CCCCn1c(Cc2ccc(OCC)cc2)n[nH]c1=S. The molecular formula is C15H21N3OS. The van der Waals surface area contributed by atoms with Gasteiger partial charge in [0.15, 0.2) is 4.77 Å². The van der Waals surface area contributed by atoms with Crippen LogP contribution in [0.15, 0.2) is 24.3 Å². The Morgan fingerprint density at radius 2 is 2.00 bits per heavy atom. The molecule has 1 aromatic heterocycles. The molecule has 20 heavy (non-hydrogen) atoms. The van der Waals surface area contributed by atoms with Crippen LogP contribution in [0.1, 0.15) is 38.1 Å². The van der Waals surface area contributed by atoms with Crippen molar-refractivity contribution in [3.63, 3.8) is 0 Å². The van der Waals surface area contributed by atoms with E-state index in [2.05, 4.69) is 33.8 Å². The molecule has 0 unspecified atom stereocenters. The molecule has 0 aliphatic heterocycles. The standard InChI is InChI=1S/C15H21N3OS/c1-3-5-10-18-14(16-17-15(18)20)11-12-6-8-13(9-7-12)19-4-2/h6-9H,3-5,10-11H2,1-2H3,(H,17,20). The van der Waals surface area contributed by atoms with E-state index < -0.39 is 0 Å². The highest BCUT2D eigenvalue weighted by Gasteiger charge is 2.07. The molecule has 0 bridgehead atoms. The Morgan fingerprint density at radius 3 is 2.65 bits per heavy atom. The summed E-state index contributed by atoms with van der Waals surface area (Å²) in [5.41, 5.74) is 1.21. The first kappa shape index (κ1) is 14.8. The molecule has 2 rings (SSSR count). The Labute approximate surface area is 124 Å². The first-order chi connectivity index (χ1) is 9.74. The van der Waals surface area contributed by atoms with Crippen molar-refractivity contribution < 1.29 is 4.74 Å². The highest BCUT2D eigenvalue weighted by molar-refractivity contribution is 7.71. The number of hydrogen-bond acceptors (Lipinski definition) is 3. The zero-order valence-electron chi connectivity index (χ0n) is 12.1. The van der Waals surface area contributed by atoms with Gasteiger partial charge in [-0.25, -0.2) is 0 Å². The molecule has 0 spiro atoms. The summed E-state index contributed by atoms with van der Waals surface area (Å²) in [7, 11) is 0. The second-order valence-corrected chi connectivity index (χ2v) is 5.09. The van der Waals surface area contributed by atoms with Gasteiger partial charge in [-0.2, -0.15) is 5.10 Å². The molecule has 5 heteroatoms. The van der Waals surface area contributed by atoms with Crippen molar-refractivity contribution in [2.75, 3.05) is 6.61 Å². The molecule has 4 nitrogen and oxygen atoms in total. The minimum absolute atomic E-state index is 0.690. The molecule has 0 radical (unpaired) electrons. The lowest BCUT2D eigenvalue weighted by Crippen LogP contribution is -2.05. The van der Waals surface area contributed by atoms with Crippen LogP contribution in [0.3, 0.4) is 0 Å². The number of ether oxygens (including phenoxy) is 1. The molecule has 1 N–H and O–H groups in total. The van der Waals surface area contributed by atoms with Gasteiger partial charge in [0, 0.05) is 13.0 Å². The number of benzene rings is 1. The number of nitrogens with one attached hydrogen (secondary N) is 1. The van der Waals surface area contributed by atoms with E-state index in [0.29, 0.717) is 11.4 Å². The Morgan fingerprint density at radius 1 is 1.25 bits per heavy atom. The van der Waals surface area contributed by atoms with Gasteiger partial charge in [-0.05, 0) is 43.3 Å². The van der Waals surface area contributed by atoms with Crippen molar-refractivity contribution in [3.8, 4) is 5.75 Å². The number of aromatic amines is 1. The molecule has 0 aliphatic rings. The van der Waals surface area contributed by atoms with Gasteiger partial charge in [0.25, 0.3) is 0 Å². The van der Waals surface area contributed by atoms with Gasteiger partial charge in [-0.3, -0.25) is 5.10 Å². The van der Waals surface area contributed by atoms with Gasteiger partial charge in [0.05, 0.1) is 6.61 Å². The van der Waals surface area contributed by atoms with E-state index in [9.17, 15) is 0 Å². The maximum Gasteiger partial charge on any atom is 0.195 e. The van der Waals surface area contributed by atoms with Crippen LogP contribution in [0.4, 0.5) is 0 Å². The zero-order valence-corrected chi connectivity index (χ0v) is 12.9. The number of unbranched alkanes of at least 4 members (excludes halogenated alkanes) is 1. The zero-order chi connectivity index (χ0) is 14.4. The molecular weight excluding hydrogens is 270 g/mol. The number of rotatable bonds is 7. The van der Waals surface area contributed by atoms with Gasteiger partial charge in [-0.15, -0.1) is 0 Å². The van der Waals surface area contributed by atoms with Crippen molar-refractivity contribution in [2.24, 2.45) is 0 Å². The third kappa shape index (κ3) is 3.70. The van der Waals surface area contributed by atoms with Crippen LogP contribution in [0.25, 0.3) is 0 Å². The molecule has 0 fully saturated rings. The third-order valence-electron chi connectivity index (χ3n) is 3.17. The Balaban J connectivity index is 2.11. The summed E-state index contributed by atoms with van der Waals surface area (Å²) in [6.45, 7) is 5.78. The molecule has 1 aromatic carbocycles. The third-order valence-corrected chi connectivity index (χ3v) is 3.48. The fourth-order valence-corrected chi connectivity index (χ4v) is 2.33. The number of nitrogens with zero attached hydrogens (tertiary/aromatic N) is 2. The van der Waals surface area contributed by atoms with Crippen LogP contribution in [0, 0.1) is 4.77 Å². The van der Waals surface area contributed by atoms with Gasteiger partial charge < -0.3 is 9.30 Å². The van der Waals surface area contributed by atoms with Crippen LogP contribution >= 0.6 is 12.2 Å². The molecule has 0 saturated heterocycles. The molecule has 108 valence electrons. The van der Waals surface area contributed by atoms with Crippen LogP contribution in [0.5, 0.6) is 5.75 Å². The summed E-state index contributed by atoms with van der Waals surface area (Å²) in [5, 5.41) is 7.23. The largest absolute Gasteiger partial charge is 0.494 e. The van der Waals surface area contributed by atoms with Crippen LogP contribution < -0.4 is 4.74 Å². The smallest absolute Gasteiger partial charge is 0.195 e. The minimum Gasteiger partial charge on any atom is -0.494 e. The fraction of sp³-hybridized carbons (Fsp3) is 0.467. The summed E-state index contributed by atoms with van der Waals surface area (Å²) >= 11 is 5.28. The molecule has 1 heterocycles. The lowest BCUT2D eigenvalue weighted by Gasteiger charge is -2.07. The summed E-state index contributed by atoms with van der Waals surface area (Å²) in [6.07, 6.45) is 3.04. The van der Waals surface area contributed by atoms with E-state index in [0.717, 1.165) is 37.4 Å². The second kappa shape index (κ2) is 7.24. The first-order valence-electron chi connectivity index (χ1n) is 7.10. The number of hydrogen-bond donors (Lipinski definition) is 1. The summed E-state index contributed by atoms with van der Waals surface area (Å²) < 4.78 is 8.25. The lowest BCUT2D eigenvalue weighted by molar-refractivity contribution is 0.340. The van der Waals surface area contributed by atoms with E-state index in [-0.39, 0.29) is 0 Å². The van der Waals surface area contributed by atoms with E-state index in [1.807, 2.05) is 19.1 Å². The van der Waals surface area contributed by atoms with Crippen LogP contribution in [-0.4, -0.2) is 21.4 Å². The van der Waals surface area contributed by atoms with Crippen molar-refractivity contribution in [1.82, 2.24) is 14.8 Å². The van der Waals surface area contributed by atoms with Crippen molar-refractivity contribution >= 4 is 12.2 Å². The van der Waals surface area contributed by atoms with E-state index in [4.69, 9.17) is 17.0 Å². The fourth-order valence-electron chi connectivity index (χ4n) is 2.08. The number of H-pyrrole nitrogens is 1. The van der Waals surface area contributed by atoms with Gasteiger partial charge in [-0.1, -0.05) is 25.5 Å². The quantitative estimate of drug-likeness (QED) is 0.790. The summed E-state index contributed by atoms with van der Waals surface area (Å²) in [4.78, 5) is 0. The summed E-state index contributed by atoms with van der Waals surface area (Å²) in [5.74, 6) is 1.90. The predicted molar refractivity (Wildman–Crippen MR) is 82.7 cm³/mol. The van der Waals surface area contributed by atoms with Crippen LogP contribution in [-0.2, 0) is 13.0 Å². The van der Waals surface area contributed by atoms with Gasteiger partial charge >= 0.3 is 0 Å². The van der Waals surface area contributed by atoms with Crippen molar-refractivity contribution in [3.05, 3.63) is 40.4 Å². The number of aromatic nitrogens is 3. The highest BCUT2D eigenvalue weighted by Crippen LogP contribution is 2.15. The monoisotopic (exact) mass is 291 g/mol. The molecule has 2 aromatic rings. The maximum absolute atomic E-state index is 5.45. The van der Waals surface area contributed by atoms with E-state index >= 15 is 0 Å². The molecule has 0 aliphatic carbocycles. The normalized spacial score (nSPS) is 10.7.